The number of hydrogen-bond acceptors (Lipinski definition) is 3. The zero-order chi connectivity index (χ0) is 11.5. The van der Waals surface area contributed by atoms with Crippen molar-refractivity contribution in [2.45, 2.75) is 0 Å². The molecule has 1 aliphatic heterocycles. The fourth-order valence-electron chi connectivity index (χ4n) is 1.40. The van der Waals surface area contributed by atoms with Crippen molar-refractivity contribution in [3.8, 4) is 0 Å². The maximum absolute atomic E-state index is 7.12. The minimum absolute atomic E-state index is 0.727. The molecule has 82 valence electrons. The molecular formula is C11H11BrN4. The van der Waals surface area contributed by atoms with Crippen molar-refractivity contribution in [1.82, 2.24) is 15.1 Å². The van der Waals surface area contributed by atoms with Gasteiger partial charge in [0.2, 0.25) is 0 Å². The van der Waals surface area contributed by atoms with E-state index >= 15 is 0 Å². The van der Waals surface area contributed by atoms with E-state index in [1.54, 1.807) is 4.68 Å². The summed E-state index contributed by atoms with van der Waals surface area (Å²) in [5.41, 5.74) is 3.01. The lowest BCUT2D eigenvalue weighted by atomic mass is 10.1. The number of nitrogens with zero attached hydrogens (tertiary/aromatic N) is 2. The maximum atomic E-state index is 7.12. The van der Waals surface area contributed by atoms with Gasteiger partial charge in [0.15, 0.2) is 0 Å². The number of dihydropyridines is 1. The number of hydrogen-bond donors (Lipinski definition) is 2. The highest BCUT2D eigenvalue weighted by atomic mass is 79.9. The lowest BCUT2D eigenvalue weighted by molar-refractivity contribution is 0.767. The summed E-state index contributed by atoms with van der Waals surface area (Å²) >= 11 is 3.30. The van der Waals surface area contributed by atoms with Gasteiger partial charge in [-0.3, -0.25) is 4.68 Å². The molecule has 0 unspecified atom stereocenters. The van der Waals surface area contributed by atoms with Crippen LogP contribution in [0.25, 0.3) is 5.57 Å². The molecule has 0 amide bonds. The molecule has 0 aliphatic carbocycles. The fraction of sp³-hybridized carbons (Fsp3) is 0.0909. The predicted molar refractivity (Wildman–Crippen MR) is 68.2 cm³/mol. The van der Waals surface area contributed by atoms with Gasteiger partial charge in [0.25, 0.3) is 0 Å². The molecule has 2 heterocycles. The minimum atomic E-state index is 0.727. The van der Waals surface area contributed by atoms with Crippen LogP contribution in [0.15, 0.2) is 40.9 Å². The number of allylic oxidation sites excluding steroid dienone is 4. The third kappa shape index (κ3) is 2.14. The van der Waals surface area contributed by atoms with Crippen LogP contribution in [0.2, 0.25) is 0 Å². The first-order valence-electron chi connectivity index (χ1n) is 4.75. The monoisotopic (exact) mass is 278 g/mol. The average molecular weight is 279 g/mol. The molecule has 0 saturated carbocycles. The molecule has 0 radical (unpaired) electrons. The summed E-state index contributed by atoms with van der Waals surface area (Å²) in [6, 6.07) is 0. The van der Waals surface area contributed by atoms with Gasteiger partial charge in [0.05, 0.1) is 16.4 Å². The number of aromatic nitrogens is 2. The Morgan fingerprint density at radius 2 is 2.38 bits per heavy atom. The first-order chi connectivity index (χ1) is 7.70. The molecule has 2 rings (SSSR count). The highest BCUT2D eigenvalue weighted by Crippen LogP contribution is 2.20. The van der Waals surface area contributed by atoms with Crippen molar-refractivity contribution in [2.24, 2.45) is 7.05 Å². The smallest absolute Gasteiger partial charge is 0.0585 e. The van der Waals surface area contributed by atoms with Crippen LogP contribution in [0.4, 0.5) is 0 Å². The van der Waals surface area contributed by atoms with E-state index in [2.05, 4.69) is 26.3 Å². The Morgan fingerprint density at radius 1 is 1.56 bits per heavy atom. The van der Waals surface area contributed by atoms with E-state index in [0.717, 1.165) is 21.3 Å². The van der Waals surface area contributed by atoms with Gasteiger partial charge in [-0.15, -0.1) is 0 Å². The number of aryl methyl sites for hydroxylation is 1. The van der Waals surface area contributed by atoms with Crippen LogP contribution in [-0.4, -0.2) is 16.0 Å². The largest absolute Gasteiger partial charge is 0.360 e. The van der Waals surface area contributed by atoms with Gasteiger partial charge >= 0.3 is 0 Å². The second kappa shape index (κ2) is 4.49. The molecule has 0 aromatic carbocycles. The van der Waals surface area contributed by atoms with Crippen LogP contribution >= 0.6 is 15.9 Å². The third-order valence-corrected chi connectivity index (χ3v) is 2.89. The van der Waals surface area contributed by atoms with E-state index in [-0.39, 0.29) is 0 Å². The average Bonchev–Trinajstić information content (AvgIpc) is 2.75. The Labute approximate surface area is 102 Å². The SMILES string of the molecule is Cn1cc(C2=CN/C(=C(/Br)C=N)C=C2)cn1. The van der Waals surface area contributed by atoms with E-state index in [9.17, 15) is 0 Å². The fourth-order valence-corrected chi connectivity index (χ4v) is 1.65. The van der Waals surface area contributed by atoms with Crippen molar-refractivity contribution >= 4 is 27.7 Å². The molecule has 4 nitrogen and oxygen atoms in total. The summed E-state index contributed by atoms with van der Waals surface area (Å²) in [6.45, 7) is 0. The third-order valence-electron chi connectivity index (χ3n) is 2.23. The summed E-state index contributed by atoms with van der Waals surface area (Å²) in [7, 11) is 1.89. The molecule has 0 fully saturated rings. The predicted octanol–water partition coefficient (Wildman–Crippen LogP) is 2.18. The molecule has 0 atom stereocenters. The molecule has 1 aromatic heterocycles. The molecule has 1 aromatic rings. The molecule has 0 spiro atoms. The minimum Gasteiger partial charge on any atom is -0.360 e. The van der Waals surface area contributed by atoms with Crippen molar-refractivity contribution in [2.75, 3.05) is 0 Å². The van der Waals surface area contributed by atoms with Crippen LogP contribution < -0.4 is 5.32 Å². The van der Waals surface area contributed by atoms with Crippen LogP contribution in [0, 0.1) is 5.41 Å². The Morgan fingerprint density at radius 3 is 2.88 bits per heavy atom. The van der Waals surface area contributed by atoms with Gasteiger partial charge in [-0.05, 0) is 22.0 Å². The number of rotatable bonds is 2. The molecule has 16 heavy (non-hydrogen) atoms. The first kappa shape index (κ1) is 10.9. The van der Waals surface area contributed by atoms with Crippen molar-refractivity contribution in [3.05, 3.63) is 46.5 Å². The van der Waals surface area contributed by atoms with Crippen LogP contribution in [0.3, 0.4) is 0 Å². The molecule has 0 saturated heterocycles. The zero-order valence-corrected chi connectivity index (χ0v) is 10.3. The Kier molecular flexibility index (Phi) is 3.05. The van der Waals surface area contributed by atoms with Gasteiger partial charge in [-0.1, -0.05) is 6.08 Å². The Hall–Kier alpha value is -1.62. The zero-order valence-electron chi connectivity index (χ0n) is 8.74. The summed E-state index contributed by atoms with van der Waals surface area (Å²) in [5.74, 6) is 0. The van der Waals surface area contributed by atoms with Gasteiger partial charge in [0.1, 0.15) is 0 Å². The summed E-state index contributed by atoms with van der Waals surface area (Å²) in [4.78, 5) is 0. The van der Waals surface area contributed by atoms with E-state index in [4.69, 9.17) is 5.41 Å². The van der Waals surface area contributed by atoms with Gasteiger partial charge < -0.3 is 10.7 Å². The van der Waals surface area contributed by atoms with Gasteiger partial charge in [-0.2, -0.15) is 5.10 Å². The van der Waals surface area contributed by atoms with Crippen LogP contribution in [0.5, 0.6) is 0 Å². The summed E-state index contributed by atoms with van der Waals surface area (Å²) in [5, 5.41) is 14.4. The quantitative estimate of drug-likeness (QED) is 0.815. The van der Waals surface area contributed by atoms with E-state index < -0.39 is 0 Å². The lowest BCUT2D eigenvalue weighted by Crippen LogP contribution is -2.09. The highest BCUT2D eigenvalue weighted by molar-refractivity contribution is 9.12. The second-order valence-electron chi connectivity index (χ2n) is 3.39. The number of nitrogens with one attached hydrogen (secondary N) is 2. The lowest BCUT2D eigenvalue weighted by Gasteiger charge is -2.10. The second-order valence-corrected chi connectivity index (χ2v) is 4.24. The topological polar surface area (TPSA) is 53.7 Å². The molecule has 0 bridgehead atoms. The van der Waals surface area contributed by atoms with Crippen molar-refractivity contribution in [3.63, 3.8) is 0 Å². The molecule has 5 heteroatoms. The van der Waals surface area contributed by atoms with Crippen molar-refractivity contribution in [1.29, 1.82) is 5.41 Å². The van der Waals surface area contributed by atoms with Crippen molar-refractivity contribution < 1.29 is 0 Å². The van der Waals surface area contributed by atoms with Crippen LogP contribution in [-0.2, 0) is 7.05 Å². The molecular weight excluding hydrogens is 268 g/mol. The van der Waals surface area contributed by atoms with E-state index in [0.29, 0.717) is 0 Å². The highest BCUT2D eigenvalue weighted by Gasteiger charge is 2.06. The normalized spacial score (nSPS) is 17.8. The van der Waals surface area contributed by atoms with E-state index in [1.165, 1.54) is 6.21 Å². The molecule has 1 aliphatic rings. The summed E-state index contributed by atoms with van der Waals surface area (Å²) < 4.78 is 2.49. The first-order valence-corrected chi connectivity index (χ1v) is 5.54. The Balaban J connectivity index is 2.23. The molecule has 2 N–H and O–H groups in total. The number of halogens is 1. The maximum Gasteiger partial charge on any atom is 0.0585 e. The Bertz CT molecular complexity index is 508. The van der Waals surface area contributed by atoms with Gasteiger partial charge in [-0.25, -0.2) is 0 Å². The van der Waals surface area contributed by atoms with Gasteiger partial charge in [0, 0.05) is 36.8 Å². The van der Waals surface area contributed by atoms with E-state index in [1.807, 2.05) is 37.8 Å². The summed E-state index contributed by atoms with van der Waals surface area (Å²) in [6.07, 6.45) is 10.9. The van der Waals surface area contributed by atoms with Crippen LogP contribution in [0.1, 0.15) is 5.56 Å². The standard InChI is InChI=1S/C11H11BrN4/c1-16-7-9(6-15-16)8-2-3-11(14-5-8)10(12)4-13/h2-7,13-14H,1H3/b11-10+,13-4?.